The average molecular weight is 312 g/mol. The van der Waals surface area contributed by atoms with Crippen molar-refractivity contribution in [2.45, 2.75) is 13.8 Å². The van der Waals surface area contributed by atoms with Gasteiger partial charge in [-0.1, -0.05) is 45.2 Å². The highest BCUT2D eigenvalue weighted by Gasteiger charge is 2.05. The van der Waals surface area contributed by atoms with Crippen LogP contribution in [0.3, 0.4) is 0 Å². The van der Waals surface area contributed by atoms with E-state index in [1.807, 2.05) is 37.3 Å². The maximum absolute atomic E-state index is 6.11. The van der Waals surface area contributed by atoms with E-state index in [0.29, 0.717) is 10.8 Å². The lowest BCUT2D eigenvalue weighted by Crippen LogP contribution is -1.89. The summed E-state index contributed by atoms with van der Waals surface area (Å²) in [4.78, 5) is 0. The quantitative estimate of drug-likeness (QED) is 0.710. The molecule has 0 unspecified atom stereocenters. The van der Waals surface area contributed by atoms with E-state index < -0.39 is 0 Å². The van der Waals surface area contributed by atoms with Crippen LogP contribution in [0.2, 0.25) is 5.02 Å². The highest BCUT2D eigenvalue weighted by atomic mass is 79.9. The number of hydrogen-bond acceptors (Lipinski definition) is 1. The van der Waals surface area contributed by atoms with Crippen molar-refractivity contribution < 1.29 is 4.74 Å². The zero-order chi connectivity index (χ0) is 12.4. The van der Waals surface area contributed by atoms with Crippen LogP contribution in [0.1, 0.15) is 11.1 Å². The number of halogens is 2. The van der Waals surface area contributed by atoms with Gasteiger partial charge in [0.2, 0.25) is 0 Å². The first-order valence-corrected chi connectivity index (χ1v) is 6.43. The van der Waals surface area contributed by atoms with E-state index in [9.17, 15) is 0 Å². The number of rotatable bonds is 2. The zero-order valence-electron chi connectivity index (χ0n) is 9.63. The van der Waals surface area contributed by atoms with Gasteiger partial charge in [0.25, 0.3) is 0 Å². The SMILES string of the molecule is Cc1ccc(Oc2ccc(Br)cc2Cl)c(C)c1. The Morgan fingerprint density at radius 2 is 1.71 bits per heavy atom. The van der Waals surface area contributed by atoms with Crippen molar-refractivity contribution in [3.05, 3.63) is 57.0 Å². The summed E-state index contributed by atoms with van der Waals surface area (Å²) in [6.45, 7) is 4.08. The Bertz CT molecular complexity index is 502. The highest BCUT2D eigenvalue weighted by Crippen LogP contribution is 2.33. The van der Waals surface area contributed by atoms with Crippen LogP contribution in [0.5, 0.6) is 11.5 Å². The summed E-state index contributed by atoms with van der Waals surface area (Å²) >= 11 is 9.47. The zero-order valence-corrected chi connectivity index (χ0v) is 12.0. The molecule has 0 atom stereocenters. The van der Waals surface area contributed by atoms with Crippen LogP contribution in [0.4, 0.5) is 0 Å². The molecule has 17 heavy (non-hydrogen) atoms. The van der Waals surface area contributed by atoms with Crippen LogP contribution in [0.15, 0.2) is 40.9 Å². The summed E-state index contributed by atoms with van der Waals surface area (Å²) in [5, 5.41) is 0.597. The largest absolute Gasteiger partial charge is 0.456 e. The van der Waals surface area contributed by atoms with Crippen LogP contribution in [0, 0.1) is 13.8 Å². The van der Waals surface area contributed by atoms with E-state index in [0.717, 1.165) is 15.8 Å². The van der Waals surface area contributed by atoms with E-state index in [1.54, 1.807) is 0 Å². The van der Waals surface area contributed by atoms with Crippen molar-refractivity contribution in [1.29, 1.82) is 0 Å². The van der Waals surface area contributed by atoms with Gasteiger partial charge in [0.15, 0.2) is 0 Å². The topological polar surface area (TPSA) is 9.23 Å². The Kier molecular flexibility index (Phi) is 3.75. The van der Waals surface area contributed by atoms with Gasteiger partial charge in [0, 0.05) is 4.47 Å². The van der Waals surface area contributed by atoms with Gasteiger partial charge >= 0.3 is 0 Å². The Morgan fingerprint density at radius 3 is 2.35 bits per heavy atom. The van der Waals surface area contributed by atoms with E-state index in [-0.39, 0.29) is 0 Å². The molecule has 0 amide bonds. The standard InChI is InChI=1S/C14H12BrClO/c1-9-3-5-13(10(2)7-9)17-14-6-4-11(15)8-12(14)16/h3-8H,1-2H3. The summed E-state index contributed by atoms with van der Waals surface area (Å²) in [5.74, 6) is 1.50. The molecule has 2 aromatic carbocycles. The molecule has 0 spiro atoms. The minimum atomic E-state index is 0.597. The second kappa shape index (κ2) is 5.11. The van der Waals surface area contributed by atoms with E-state index in [4.69, 9.17) is 16.3 Å². The Labute approximate surface area is 115 Å². The lowest BCUT2D eigenvalue weighted by molar-refractivity contribution is 0.479. The van der Waals surface area contributed by atoms with Gasteiger partial charge in [0.05, 0.1) is 5.02 Å². The molecule has 2 rings (SSSR count). The van der Waals surface area contributed by atoms with Crippen molar-refractivity contribution in [2.24, 2.45) is 0 Å². The first-order chi connectivity index (χ1) is 8.06. The molecule has 0 aliphatic heterocycles. The lowest BCUT2D eigenvalue weighted by atomic mass is 10.1. The number of ether oxygens (including phenoxy) is 1. The summed E-state index contributed by atoms with van der Waals surface area (Å²) in [6.07, 6.45) is 0. The van der Waals surface area contributed by atoms with Gasteiger partial charge in [-0.15, -0.1) is 0 Å². The number of hydrogen-bond donors (Lipinski definition) is 0. The van der Waals surface area contributed by atoms with Crippen LogP contribution in [0.25, 0.3) is 0 Å². The fraction of sp³-hybridized carbons (Fsp3) is 0.143. The third kappa shape index (κ3) is 3.02. The molecule has 0 aliphatic rings. The molecule has 0 saturated heterocycles. The Hall–Kier alpha value is -0.990. The third-order valence-electron chi connectivity index (χ3n) is 2.44. The van der Waals surface area contributed by atoms with Crippen LogP contribution < -0.4 is 4.74 Å². The fourth-order valence-corrected chi connectivity index (χ4v) is 2.30. The van der Waals surface area contributed by atoms with Gasteiger partial charge in [-0.2, -0.15) is 0 Å². The van der Waals surface area contributed by atoms with Crippen molar-refractivity contribution >= 4 is 27.5 Å². The van der Waals surface area contributed by atoms with Gasteiger partial charge in [-0.05, 0) is 43.7 Å². The molecule has 2 aromatic rings. The van der Waals surface area contributed by atoms with Gasteiger partial charge in [-0.3, -0.25) is 0 Å². The Morgan fingerprint density at radius 1 is 1.00 bits per heavy atom. The highest BCUT2D eigenvalue weighted by molar-refractivity contribution is 9.10. The maximum atomic E-state index is 6.11. The van der Waals surface area contributed by atoms with Crippen molar-refractivity contribution in [3.8, 4) is 11.5 Å². The lowest BCUT2D eigenvalue weighted by Gasteiger charge is -2.10. The molecule has 0 aromatic heterocycles. The molecule has 0 radical (unpaired) electrons. The van der Waals surface area contributed by atoms with Gasteiger partial charge in [-0.25, -0.2) is 0 Å². The van der Waals surface area contributed by atoms with E-state index in [1.165, 1.54) is 5.56 Å². The normalized spacial score (nSPS) is 10.4. The van der Waals surface area contributed by atoms with Crippen LogP contribution in [-0.4, -0.2) is 0 Å². The molecule has 88 valence electrons. The predicted octanol–water partition coefficient (Wildman–Crippen LogP) is 5.51. The Balaban J connectivity index is 2.31. The molecule has 0 N–H and O–H groups in total. The molecule has 0 fully saturated rings. The minimum absolute atomic E-state index is 0.597. The van der Waals surface area contributed by atoms with Crippen LogP contribution in [-0.2, 0) is 0 Å². The first kappa shape index (κ1) is 12.5. The molecule has 3 heteroatoms. The molecular formula is C14H12BrClO. The predicted molar refractivity (Wildman–Crippen MR) is 75.1 cm³/mol. The molecular weight excluding hydrogens is 300 g/mol. The molecule has 0 heterocycles. The number of aryl methyl sites for hydroxylation is 2. The fourth-order valence-electron chi connectivity index (χ4n) is 1.59. The van der Waals surface area contributed by atoms with E-state index >= 15 is 0 Å². The first-order valence-electron chi connectivity index (χ1n) is 5.26. The monoisotopic (exact) mass is 310 g/mol. The molecule has 0 saturated carbocycles. The summed E-state index contributed by atoms with van der Waals surface area (Å²) < 4.78 is 6.74. The van der Waals surface area contributed by atoms with Crippen molar-refractivity contribution in [2.75, 3.05) is 0 Å². The van der Waals surface area contributed by atoms with E-state index in [2.05, 4.69) is 28.9 Å². The second-order valence-corrected chi connectivity index (χ2v) is 5.27. The van der Waals surface area contributed by atoms with Crippen molar-refractivity contribution in [1.82, 2.24) is 0 Å². The number of benzene rings is 2. The maximum Gasteiger partial charge on any atom is 0.146 e. The summed E-state index contributed by atoms with van der Waals surface area (Å²) in [7, 11) is 0. The van der Waals surface area contributed by atoms with Crippen molar-refractivity contribution in [3.63, 3.8) is 0 Å². The summed E-state index contributed by atoms with van der Waals surface area (Å²) in [6, 6.07) is 11.6. The van der Waals surface area contributed by atoms with Gasteiger partial charge in [0.1, 0.15) is 11.5 Å². The average Bonchev–Trinajstić information content (AvgIpc) is 2.25. The summed E-state index contributed by atoms with van der Waals surface area (Å²) in [5.41, 5.74) is 2.32. The molecule has 0 bridgehead atoms. The van der Waals surface area contributed by atoms with Gasteiger partial charge < -0.3 is 4.74 Å². The molecule has 0 aliphatic carbocycles. The minimum Gasteiger partial charge on any atom is -0.456 e. The van der Waals surface area contributed by atoms with Crippen LogP contribution >= 0.6 is 27.5 Å². The smallest absolute Gasteiger partial charge is 0.146 e. The second-order valence-electron chi connectivity index (χ2n) is 3.95. The third-order valence-corrected chi connectivity index (χ3v) is 3.23. The molecule has 1 nitrogen and oxygen atoms in total.